The number of carbonyl (C=O) groups is 5. The van der Waals surface area contributed by atoms with Crippen molar-refractivity contribution in [3.63, 3.8) is 0 Å². The molecule has 0 bridgehead atoms. The first-order valence-electron chi connectivity index (χ1n) is 7.16. The topological polar surface area (TPSA) is 202 Å². The standard InChI is InChI=1S/C13H22N4O7S/c1-25-3-2-7(16-11(21)6(14)4-9(15)18)12(22)17-8(13(23)24)5-10(19)20/h6-8H,2-5,14H2,1H3,(H2,15,18)(H,16,21)(H,17,22)(H,19,20)(H,23,24). The molecule has 0 aliphatic rings. The van der Waals surface area contributed by atoms with E-state index in [-0.39, 0.29) is 6.42 Å². The van der Waals surface area contributed by atoms with Gasteiger partial charge in [0.1, 0.15) is 12.1 Å². The van der Waals surface area contributed by atoms with E-state index in [0.29, 0.717) is 5.75 Å². The van der Waals surface area contributed by atoms with E-state index >= 15 is 0 Å². The van der Waals surface area contributed by atoms with Crippen molar-refractivity contribution in [2.75, 3.05) is 12.0 Å². The first kappa shape index (κ1) is 22.7. The number of thioether (sulfide) groups is 1. The fraction of sp³-hybridized carbons (Fsp3) is 0.615. The average molecular weight is 378 g/mol. The van der Waals surface area contributed by atoms with Gasteiger partial charge in [-0.05, 0) is 18.4 Å². The molecule has 0 spiro atoms. The van der Waals surface area contributed by atoms with Crippen LogP contribution in [0.25, 0.3) is 0 Å². The molecule has 8 N–H and O–H groups in total. The fourth-order valence-corrected chi connectivity index (χ4v) is 2.21. The second-order valence-corrected chi connectivity index (χ2v) is 6.10. The first-order chi connectivity index (χ1) is 11.6. The Bertz CT molecular complexity index is 529. The lowest BCUT2D eigenvalue weighted by molar-refractivity contribution is -0.147. The SMILES string of the molecule is CSCCC(NC(=O)C(N)CC(N)=O)C(=O)NC(CC(=O)O)C(=O)O. The maximum Gasteiger partial charge on any atom is 0.326 e. The molecule has 0 radical (unpaired) electrons. The van der Waals surface area contributed by atoms with Gasteiger partial charge in [-0.15, -0.1) is 0 Å². The van der Waals surface area contributed by atoms with E-state index in [4.69, 9.17) is 21.7 Å². The maximum atomic E-state index is 12.2. The fourth-order valence-electron chi connectivity index (χ4n) is 1.74. The molecule has 0 saturated carbocycles. The minimum absolute atomic E-state index is 0.154. The molecule has 0 aliphatic heterocycles. The molecule has 0 aromatic heterocycles. The van der Waals surface area contributed by atoms with Gasteiger partial charge in [0.15, 0.2) is 0 Å². The van der Waals surface area contributed by atoms with Crippen LogP contribution in [0.5, 0.6) is 0 Å². The van der Waals surface area contributed by atoms with Crippen LogP contribution in [0.4, 0.5) is 0 Å². The molecule has 0 aromatic rings. The van der Waals surface area contributed by atoms with Crippen LogP contribution in [-0.2, 0) is 24.0 Å². The number of hydrogen-bond donors (Lipinski definition) is 6. The quantitative estimate of drug-likeness (QED) is 0.212. The van der Waals surface area contributed by atoms with Crippen LogP contribution in [0.15, 0.2) is 0 Å². The maximum absolute atomic E-state index is 12.2. The Morgan fingerprint density at radius 3 is 2.00 bits per heavy atom. The monoisotopic (exact) mass is 378 g/mol. The Hall–Kier alpha value is -2.34. The summed E-state index contributed by atoms with van der Waals surface area (Å²) in [4.78, 5) is 56.6. The molecule has 0 fully saturated rings. The second-order valence-electron chi connectivity index (χ2n) is 5.12. The number of nitrogens with two attached hydrogens (primary N) is 2. The van der Waals surface area contributed by atoms with Gasteiger partial charge in [0, 0.05) is 0 Å². The minimum atomic E-state index is -1.64. The number of carboxylic acids is 2. The van der Waals surface area contributed by atoms with Gasteiger partial charge in [-0.2, -0.15) is 11.8 Å². The number of hydrogen-bond acceptors (Lipinski definition) is 7. The van der Waals surface area contributed by atoms with Crippen molar-refractivity contribution in [1.82, 2.24) is 10.6 Å². The van der Waals surface area contributed by atoms with Crippen molar-refractivity contribution in [1.29, 1.82) is 0 Å². The lowest BCUT2D eigenvalue weighted by Crippen LogP contribution is -2.55. The summed E-state index contributed by atoms with van der Waals surface area (Å²) in [5.74, 6) is -4.91. The third-order valence-electron chi connectivity index (χ3n) is 2.99. The molecule has 3 atom stereocenters. The normalized spacial score (nSPS) is 14.0. The highest BCUT2D eigenvalue weighted by Crippen LogP contribution is 2.04. The second kappa shape index (κ2) is 11.3. The van der Waals surface area contributed by atoms with Crippen LogP contribution in [0, 0.1) is 0 Å². The Morgan fingerprint density at radius 1 is 1.00 bits per heavy atom. The molecule has 142 valence electrons. The molecule has 12 heteroatoms. The van der Waals surface area contributed by atoms with Gasteiger partial charge in [0.05, 0.1) is 18.9 Å². The summed E-state index contributed by atoms with van der Waals surface area (Å²) in [5, 5.41) is 22.0. The molecule has 0 heterocycles. The molecule has 11 nitrogen and oxygen atoms in total. The van der Waals surface area contributed by atoms with Crippen LogP contribution in [0.1, 0.15) is 19.3 Å². The molecular weight excluding hydrogens is 356 g/mol. The summed E-state index contributed by atoms with van der Waals surface area (Å²) in [5.41, 5.74) is 10.4. The van der Waals surface area contributed by atoms with Gasteiger partial charge >= 0.3 is 11.9 Å². The lowest BCUT2D eigenvalue weighted by atomic mass is 10.1. The smallest absolute Gasteiger partial charge is 0.326 e. The third kappa shape index (κ3) is 9.52. The summed E-state index contributed by atoms with van der Waals surface area (Å²) in [6.45, 7) is 0. The highest BCUT2D eigenvalue weighted by atomic mass is 32.2. The van der Waals surface area contributed by atoms with Crippen LogP contribution < -0.4 is 22.1 Å². The molecule has 0 saturated heterocycles. The predicted octanol–water partition coefficient (Wildman–Crippen LogP) is -2.53. The van der Waals surface area contributed by atoms with E-state index in [1.54, 1.807) is 6.26 Å². The Balaban J connectivity index is 5.01. The van der Waals surface area contributed by atoms with Crippen LogP contribution >= 0.6 is 11.8 Å². The Labute approximate surface area is 147 Å². The molecule has 3 unspecified atom stereocenters. The molecule has 0 aromatic carbocycles. The van der Waals surface area contributed by atoms with E-state index in [1.807, 2.05) is 0 Å². The highest BCUT2D eigenvalue weighted by molar-refractivity contribution is 7.98. The number of nitrogens with one attached hydrogen (secondary N) is 2. The number of rotatable bonds is 12. The first-order valence-corrected chi connectivity index (χ1v) is 8.56. The zero-order chi connectivity index (χ0) is 19.6. The van der Waals surface area contributed by atoms with Crippen LogP contribution in [-0.4, -0.2) is 70.0 Å². The van der Waals surface area contributed by atoms with E-state index < -0.39 is 60.6 Å². The highest BCUT2D eigenvalue weighted by Gasteiger charge is 2.29. The number of amides is 3. The zero-order valence-corrected chi connectivity index (χ0v) is 14.4. The van der Waals surface area contributed by atoms with Gasteiger partial charge in [-0.25, -0.2) is 4.79 Å². The molecule has 0 rings (SSSR count). The van der Waals surface area contributed by atoms with Crippen molar-refractivity contribution in [2.45, 2.75) is 37.4 Å². The number of primary amides is 1. The van der Waals surface area contributed by atoms with Crippen molar-refractivity contribution < 1.29 is 34.2 Å². The Kier molecular flexibility index (Phi) is 10.2. The van der Waals surface area contributed by atoms with Gasteiger partial charge < -0.3 is 32.3 Å². The van der Waals surface area contributed by atoms with E-state index in [1.165, 1.54) is 11.8 Å². The summed E-state index contributed by atoms with van der Waals surface area (Å²) in [6, 6.07) is -4.02. The van der Waals surface area contributed by atoms with Crippen molar-refractivity contribution in [3.8, 4) is 0 Å². The minimum Gasteiger partial charge on any atom is -0.481 e. The van der Waals surface area contributed by atoms with Gasteiger partial charge in [-0.3, -0.25) is 19.2 Å². The summed E-state index contributed by atoms with van der Waals surface area (Å²) < 4.78 is 0. The number of carbonyl (C=O) groups excluding carboxylic acids is 3. The van der Waals surface area contributed by atoms with Crippen molar-refractivity contribution in [2.24, 2.45) is 11.5 Å². The molecule has 25 heavy (non-hydrogen) atoms. The van der Waals surface area contributed by atoms with E-state index in [2.05, 4.69) is 10.6 Å². The van der Waals surface area contributed by atoms with Crippen LogP contribution in [0.2, 0.25) is 0 Å². The third-order valence-corrected chi connectivity index (χ3v) is 3.64. The lowest BCUT2D eigenvalue weighted by Gasteiger charge is -2.22. The summed E-state index contributed by atoms with van der Waals surface area (Å²) in [6.07, 6.45) is 0.687. The van der Waals surface area contributed by atoms with Crippen molar-refractivity contribution in [3.05, 3.63) is 0 Å². The molecule has 0 aliphatic carbocycles. The summed E-state index contributed by atoms with van der Waals surface area (Å²) in [7, 11) is 0. The van der Waals surface area contributed by atoms with E-state index in [9.17, 15) is 24.0 Å². The summed E-state index contributed by atoms with van der Waals surface area (Å²) >= 11 is 1.38. The van der Waals surface area contributed by atoms with Gasteiger partial charge in [0.2, 0.25) is 17.7 Å². The van der Waals surface area contributed by atoms with Gasteiger partial charge in [0.25, 0.3) is 0 Å². The molecule has 3 amide bonds. The predicted molar refractivity (Wildman–Crippen MR) is 88.5 cm³/mol. The van der Waals surface area contributed by atoms with Crippen molar-refractivity contribution >= 4 is 41.4 Å². The number of carboxylic acid groups (broad SMARTS) is 2. The van der Waals surface area contributed by atoms with Gasteiger partial charge in [-0.1, -0.05) is 0 Å². The molecular formula is C13H22N4O7S. The Morgan fingerprint density at radius 2 is 1.56 bits per heavy atom. The van der Waals surface area contributed by atoms with Crippen LogP contribution in [0.3, 0.4) is 0 Å². The zero-order valence-electron chi connectivity index (χ0n) is 13.6. The largest absolute Gasteiger partial charge is 0.481 e. The van der Waals surface area contributed by atoms with E-state index in [0.717, 1.165) is 0 Å². The average Bonchev–Trinajstić information content (AvgIpc) is 2.48. The number of aliphatic carboxylic acids is 2.